The molecule has 0 N–H and O–H groups in total. The van der Waals surface area contributed by atoms with Gasteiger partial charge in [0, 0.05) is 53.4 Å². The molecule has 7 heteroatoms. The Labute approximate surface area is 150 Å². The van der Waals surface area contributed by atoms with Gasteiger partial charge < -0.3 is 14.7 Å². The first kappa shape index (κ1) is 17.9. The van der Waals surface area contributed by atoms with Gasteiger partial charge in [0.05, 0.1) is 6.54 Å². The van der Waals surface area contributed by atoms with E-state index in [0.717, 1.165) is 69.7 Å². The number of hydrogen-bond acceptors (Lipinski definition) is 6. The minimum absolute atomic E-state index is 0.287. The molecule has 2 aliphatic rings. The Kier molecular flexibility index (Phi) is 5.73. The molecule has 0 spiro atoms. The lowest BCUT2D eigenvalue weighted by Gasteiger charge is -2.37. The first-order valence-electron chi connectivity index (χ1n) is 9.29. The van der Waals surface area contributed by atoms with Crippen molar-refractivity contribution in [1.82, 2.24) is 20.0 Å². The first-order chi connectivity index (χ1) is 12.0. The van der Waals surface area contributed by atoms with Crippen molar-refractivity contribution in [2.24, 2.45) is 5.92 Å². The molecule has 0 bridgehead atoms. The molecule has 3 rings (SSSR count). The van der Waals surface area contributed by atoms with Gasteiger partial charge in [0.25, 0.3) is 0 Å². The van der Waals surface area contributed by atoms with E-state index in [1.165, 1.54) is 0 Å². The minimum Gasteiger partial charge on any atom is -0.361 e. The number of rotatable bonds is 4. The van der Waals surface area contributed by atoms with Gasteiger partial charge in [-0.2, -0.15) is 0 Å². The van der Waals surface area contributed by atoms with E-state index in [0.29, 0.717) is 6.54 Å². The Morgan fingerprint density at radius 3 is 2.32 bits per heavy atom. The van der Waals surface area contributed by atoms with Crippen LogP contribution in [0.2, 0.25) is 0 Å². The molecule has 1 amide bonds. The van der Waals surface area contributed by atoms with Crippen molar-refractivity contribution in [2.45, 2.75) is 19.8 Å². The molecule has 0 aliphatic carbocycles. The normalized spacial score (nSPS) is 20.0. The maximum Gasteiger partial charge on any atom is 0.236 e. The number of amides is 1. The first-order valence-corrected chi connectivity index (χ1v) is 9.29. The van der Waals surface area contributed by atoms with Crippen molar-refractivity contribution in [1.29, 1.82) is 0 Å². The summed E-state index contributed by atoms with van der Waals surface area (Å²) in [5, 5.41) is 8.58. The van der Waals surface area contributed by atoms with E-state index in [2.05, 4.69) is 26.9 Å². The third kappa shape index (κ3) is 4.60. The number of carbonyl (C=O) groups excluding carboxylic acids is 1. The summed E-state index contributed by atoms with van der Waals surface area (Å²) in [6.07, 6.45) is 2.28. The molecule has 138 valence electrons. The van der Waals surface area contributed by atoms with E-state index in [-0.39, 0.29) is 5.91 Å². The number of hydrogen-bond donors (Lipinski definition) is 0. The highest BCUT2D eigenvalue weighted by molar-refractivity contribution is 5.78. The van der Waals surface area contributed by atoms with Crippen LogP contribution >= 0.6 is 0 Å². The second-order valence-electron chi connectivity index (χ2n) is 7.47. The van der Waals surface area contributed by atoms with Crippen LogP contribution in [0.3, 0.4) is 0 Å². The Morgan fingerprint density at radius 1 is 1.08 bits per heavy atom. The van der Waals surface area contributed by atoms with Crippen LogP contribution in [0.25, 0.3) is 0 Å². The standard InChI is InChI=1S/C18H30N6O/c1-15-6-8-24(9-7-15)18(25)14-22-10-12-23(13-11-22)17-5-4-16(19-20-17)21(2)3/h4-5,15H,6-14H2,1-3H3. The summed E-state index contributed by atoms with van der Waals surface area (Å²) in [5.41, 5.74) is 0. The lowest BCUT2D eigenvalue weighted by Crippen LogP contribution is -2.51. The van der Waals surface area contributed by atoms with Crippen molar-refractivity contribution in [3.8, 4) is 0 Å². The van der Waals surface area contributed by atoms with Crippen LogP contribution in [0.4, 0.5) is 11.6 Å². The van der Waals surface area contributed by atoms with E-state index in [1.807, 2.05) is 36.0 Å². The number of anilines is 2. The largest absolute Gasteiger partial charge is 0.361 e. The molecule has 1 aromatic rings. The maximum absolute atomic E-state index is 12.5. The smallest absolute Gasteiger partial charge is 0.236 e. The number of carbonyl (C=O) groups is 1. The third-order valence-electron chi connectivity index (χ3n) is 5.29. The van der Waals surface area contributed by atoms with Crippen molar-refractivity contribution in [3.05, 3.63) is 12.1 Å². The average Bonchev–Trinajstić information content (AvgIpc) is 2.63. The van der Waals surface area contributed by atoms with Crippen LogP contribution in [-0.4, -0.2) is 85.8 Å². The Bertz CT molecular complexity index is 559. The van der Waals surface area contributed by atoms with Gasteiger partial charge in [0.15, 0.2) is 11.6 Å². The Morgan fingerprint density at radius 2 is 1.76 bits per heavy atom. The molecule has 0 radical (unpaired) electrons. The number of likely N-dealkylation sites (tertiary alicyclic amines) is 1. The molecule has 0 unspecified atom stereocenters. The van der Waals surface area contributed by atoms with E-state index in [4.69, 9.17) is 0 Å². The average molecular weight is 346 g/mol. The molecule has 7 nitrogen and oxygen atoms in total. The zero-order chi connectivity index (χ0) is 17.8. The van der Waals surface area contributed by atoms with Gasteiger partial charge in [0.1, 0.15) is 0 Å². The monoisotopic (exact) mass is 346 g/mol. The fraction of sp³-hybridized carbons (Fsp3) is 0.722. The highest BCUT2D eigenvalue weighted by atomic mass is 16.2. The number of aromatic nitrogens is 2. The quantitative estimate of drug-likeness (QED) is 0.808. The summed E-state index contributed by atoms with van der Waals surface area (Å²) in [6.45, 7) is 8.24. The second kappa shape index (κ2) is 7.99. The molecule has 0 saturated carbocycles. The lowest BCUT2D eigenvalue weighted by atomic mass is 9.99. The van der Waals surface area contributed by atoms with Crippen LogP contribution in [0.5, 0.6) is 0 Å². The maximum atomic E-state index is 12.5. The minimum atomic E-state index is 0.287. The summed E-state index contributed by atoms with van der Waals surface area (Å²) in [5.74, 6) is 2.83. The summed E-state index contributed by atoms with van der Waals surface area (Å²) >= 11 is 0. The van der Waals surface area contributed by atoms with Gasteiger partial charge in [-0.1, -0.05) is 6.92 Å². The van der Waals surface area contributed by atoms with Gasteiger partial charge in [-0.05, 0) is 30.9 Å². The molecular formula is C18H30N6O. The Balaban J connectivity index is 1.46. The van der Waals surface area contributed by atoms with Gasteiger partial charge in [-0.3, -0.25) is 9.69 Å². The summed E-state index contributed by atoms with van der Waals surface area (Å²) in [7, 11) is 3.92. The topological polar surface area (TPSA) is 55.8 Å². The molecular weight excluding hydrogens is 316 g/mol. The van der Waals surface area contributed by atoms with Crippen LogP contribution in [0.1, 0.15) is 19.8 Å². The van der Waals surface area contributed by atoms with Crippen molar-refractivity contribution in [2.75, 3.05) is 69.7 Å². The van der Waals surface area contributed by atoms with E-state index in [9.17, 15) is 4.79 Å². The highest BCUT2D eigenvalue weighted by Gasteiger charge is 2.24. The predicted octanol–water partition coefficient (Wildman–Crippen LogP) is 0.923. The van der Waals surface area contributed by atoms with Crippen molar-refractivity contribution >= 4 is 17.5 Å². The van der Waals surface area contributed by atoms with Gasteiger partial charge >= 0.3 is 0 Å². The molecule has 1 aromatic heterocycles. The molecule has 0 atom stereocenters. The Hall–Kier alpha value is -1.89. The molecule has 2 aliphatic heterocycles. The highest BCUT2D eigenvalue weighted by Crippen LogP contribution is 2.17. The van der Waals surface area contributed by atoms with Crippen LogP contribution in [0.15, 0.2) is 12.1 Å². The summed E-state index contributed by atoms with van der Waals surface area (Å²) in [4.78, 5) is 21.0. The van der Waals surface area contributed by atoms with Crippen LogP contribution in [0, 0.1) is 5.92 Å². The zero-order valence-corrected chi connectivity index (χ0v) is 15.7. The number of nitrogens with zero attached hydrogens (tertiary/aromatic N) is 6. The van der Waals surface area contributed by atoms with Crippen molar-refractivity contribution < 1.29 is 4.79 Å². The second-order valence-corrected chi connectivity index (χ2v) is 7.47. The van der Waals surface area contributed by atoms with Crippen LogP contribution < -0.4 is 9.80 Å². The van der Waals surface area contributed by atoms with Crippen LogP contribution in [-0.2, 0) is 4.79 Å². The number of piperazine rings is 1. The fourth-order valence-corrected chi connectivity index (χ4v) is 3.41. The SMILES string of the molecule is CC1CCN(C(=O)CN2CCN(c3ccc(N(C)C)nn3)CC2)CC1. The fourth-order valence-electron chi connectivity index (χ4n) is 3.41. The predicted molar refractivity (Wildman–Crippen MR) is 100.0 cm³/mol. The van der Waals surface area contributed by atoms with E-state index in [1.54, 1.807) is 0 Å². The molecule has 2 fully saturated rings. The van der Waals surface area contributed by atoms with Gasteiger partial charge in [0.2, 0.25) is 5.91 Å². The van der Waals surface area contributed by atoms with E-state index >= 15 is 0 Å². The van der Waals surface area contributed by atoms with E-state index < -0.39 is 0 Å². The lowest BCUT2D eigenvalue weighted by molar-refractivity contribution is -0.133. The summed E-state index contributed by atoms with van der Waals surface area (Å²) in [6, 6.07) is 4.02. The van der Waals surface area contributed by atoms with Gasteiger partial charge in [-0.25, -0.2) is 0 Å². The molecule has 2 saturated heterocycles. The summed E-state index contributed by atoms with van der Waals surface area (Å²) < 4.78 is 0. The molecule has 0 aromatic carbocycles. The van der Waals surface area contributed by atoms with Crippen molar-refractivity contribution in [3.63, 3.8) is 0 Å². The number of piperidine rings is 1. The zero-order valence-electron chi connectivity index (χ0n) is 15.7. The van der Waals surface area contributed by atoms with Gasteiger partial charge in [-0.15, -0.1) is 10.2 Å². The molecule has 3 heterocycles. The third-order valence-corrected chi connectivity index (χ3v) is 5.29. The molecule has 25 heavy (non-hydrogen) atoms.